The lowest BCUT2D eigenvalue weighted by Crippen LogP contribution is -1.92. The van der Waals surface area contributed by atoms with Crippen LogP contribution < -0.4 is 5.73 Å². The second-order valence-corrected chi connectivity index (χ2v) is 1.90. The average molecular weight is 127 g/mol. The summed E-state index contributed by atoms with van der Waals surface area (Å²) >= 11 is 0. The Bertz CT molecular complexity index is 132. The Labute approximate surface area is 55.7 Å². The third-order valence-electron chi connectivity index (χ3n) is 0.947. The molecule has 0 amide bonds. The maximum Gasteiger partial charge on any atom is 0.0892 e. The first-order chi connectivity index (χ1) is 4.16. The van der Waals surface area contributed by atoms with Crippen molar-refractivity contribution >= 4 is 0 Å². The highest BCUT2D eigenvalue weighted by atomic mass is 16.3. The Hall–Kier alpha value is -0.920. The number of rotatable bonds is 2. The topological polar surface area (TPSA) is 46.2 Å². The summed E-state index contributed by atoms with van der Waals surface area (Å²) in [5, 5.41) is 8.66. The van der Waals surface area contributed by atoms with Gasteiger partial charge in [-0.05, 0) is 25.5 Å². The highest BCUT2D eigenvalue weighted by Crippen LogP contribution is 1.92. The lowest BCUT2D eigenvalue weighted by Gasteiger charge is -1.90. The van der Waals surface area contributed by atoms with Crippen molar-refractivity contribution in [2.24, 2.45) is 5.73 Å². The van der Waals surface area contributed by atoms with E-state index in [1.807, 2.05) is 6.92 Å². The molecule has 2 nitrogen and oxygen atoms in total. The minimum atomic E-state index is 0.284. The summed E-state index contributed by atoms with van der Waals surface area (Å²) in [6.45, 7) is 3.58. The van der Waals surface area contributed by atoms with Gasteiger partial charge in [0.15, 0.2) is 0 Å². The van der Waals surface area contributed by atoms with Gasteiger partial charge in [0.25, 0.3) is 0 Å². The summed E-state index contributed by atoms with van der Waals surface area (Å²) in [6.07, 6.45) is 4.11. The molecule has 0 saturated heterocycles. The van der Waals surface area contributed by atoms with E-state index in [0.29, 0.717) is 0 Å². The van der Waals surface area contributed by atoms with E-state index in [1.54, 1.807) is 19.1 Å². The number of hydrogen-bond acceptors (Lipinski definition) is 2. The van der Waals surface area contributed by atoms with Gasteiger partial charge >= 0.3 is 0 Å². The standard InChI is InChI=1S/C7H13NO/c1-3-7(8)5-4-6(2)9/h4-5,9H,3,8H2,1-2H3/b6-4+,7-5+. The van der Waals surface area contributed by atoms with Crippen molar-refractivity contribution in [2.75, 3.05) is 0 Å². The van der Waals surface area contributed by atoms with Gasteiger partial charge in [0.05, 0.1) is 5.76 Å². The van der Waals surface area contributed by atoms with E-state index < -0.39 is 0 Å². The lowest BCUT2D eigenvalue weighted by atomic mass is 10.3. The summed E-state index contributed by atoms with van der Waals surface area (Å²) in [5.41, 5.74) is 6.21. The molecule has 0 aromatic heterocycles. The van der Waals surface area contributed by atoms with Gasteiger partial charge in [-0.3, -0.25) is 0 Å². The number of aliphatic hydroxyl groups is 1. The molecule has 0 bridgehead atoms. The van der Waals surface area contributed by atoms with Gasteiger partial charge in [-0.15, -0.1) is 0 Å². The van der Waals surface area contributed by atoms with Gasteiger partial charge in [0.2, 0.25) is 0 Å². The minimum Gasteiger partial charge on any atom is -0.513 e. The number of hydrogen-bond donors (Lipinski definition) is 2. The van der Waals surface area contributed by atoms with Gasteiger partial charge < -0.3 is 10.8 Å². The molecule has 0 spiro atoms. The highest BCUT2D eigenvalue weighted by molar-refractivity contribution is 5.10. The van der Waals surface area contributed by atoms with E-state index in [2.05, 4.69) is 0 Å². The highest BCUT2D eigenvalue weighted by Gasteiger charge is 1.80. The van der Waals surface area contributed by atoms with Crippen LogP contribution in [0.3, 0.4) is 0 Å². The summed E-state index contributed by atoms with van der Waals surface area (Å²) < 4.78 is 0. The molecule has 52 valence electrons. The second-order valence-electron chi connectivity index (χ2n) is 1.90. The Kier molecular flexibility index (Phi) is 3.60. The van der Waals surface area contributed by atoms with Crippen LogP contribution in [-0.2, 0) is 0 Å². The van der Waals surface area contributed by atoms with Gasteiger partial charge in [0, 0.05) is 5.70 Å². The molecule has 0 unspecified atom stereocenters. The van der Waals surface area contributed by atoms with Crippen molar-refractivity contribution in [1.29, 1.82) is 0 Å². The molecule has 2 heteroatoms. The molecule has 9 heavy (non-hydrogen) atoms. The summed E-state index contributed by atoms with van der Waals surface area (Å²) in [5.74, 6) is 0.284. The van der Waals surface area contributed by atoms with Gasteiger partial charge in [-0.2, -0.15) is 0 Å². The Morgan fingerprint density at radius 1 is 1.56 bits per heavy atom. The molecule has 0 heterocycles. The zero-order chi connectivity index (χ0) is 7.28. The van der Waals surface area contributed by atoms with Crippen LogP contribution in [0, 0.1) is 0 Å². The number of nitrogens with two attached hydrogens (primary N) is 1. The molecule has 0 aliphatic carbocycles. The van der Waals surface area contributed by atoms with Crippen LogP contribution >= 0.6 is 0 Å². The Morgan fingerprint density at radius 2 is 2.11 bits per heavy atom. The van der Waals surface area contributed by atoms with Gasteiger partial charge in [0.1, 0.15) is 0 Å². The smallest absolute Gasteiger partial charge is 0.0892 e. The molecule has 0 aliphatic heterocycles. The van der Waals surface area contributed by atoms with Crippen molar-refractivity contribution in [1.82, 2.24) is 0 Å². The lowest BCUT2D eigenvalue weighted by molar-refractivity contribution is 0.414. The number of allylic oxidation sites excluding steroid dienone is 4. The van der Waals surface area contributed by atoms with Crippen molar-refractivity contribution in [3.8, 4) is 0 Å². The number of aliphatic hydroxyl groups excluding tert-OH is 1. The average Bonchev–Trinajstić information content (AvgIpc) is 1.83. The third kappa shape index (κ3) is 4.94. The van der Waals surface area contributed by atoms with Crippen LogP contribution in [0.1, 0.15) is 20.3 Å². The van der Waals surface area contributed by atoms with Crippen molar-refractivity contribution in [2.45, 2.75) is 20.3 Å². The summed E-state index contributed by atoms with van der Waals surface area (Å²) in [7, 11) is 0. The Balaban J connectivity index is 3.83. The van der Waals surface area contributed by atoms with Crippen molar-refractivity contribution < 1.29 is 5.11 Å². The first-order valence-corrected chi connectivity index (χ1v) is 2.98. The molecule has 0 aliphatic rings. The maximum absolute atomic E-state index is 8.66. The molecule has 0 rings (SSSR count). The predicted molar refractivity (Wildman–Crippen MR) is 38.9 cm³/mol. The normalized spacial score (nSPS) is 14.0. The largest absolute Gasteiger partial charge is 0.513 e. The van der Waals surface area contributed by atoms with E-state index in [4.69, 9.17) is 10.8 Å². The molecule has 0 aromatic carbocycles. The van der Waals surface area contributed by atoms with Crippen LogP contribution in [0.25, 0.3) is 0 Å². The van der Waals surface area contributed by atoms with E-state index in [1.165, 1.54) is 0 Å². The van der Waals surface area contributed by atoms with Crippen LogP contribution in [0.2, 0.25) is 0 Å². The zero-order valence-electron chi connectivity index (χ0n) is 5.89. The molecule has 0 saturated carbocycles. The molecule has 0 aromatic rings. The fourth-order valence-electron chi connectivity index (χ4n) is 0.345. The van der Waals surface area contributed by atoms with E-state index in [0.717, 1.165) is 12.1 Å². The van der Waals surface area contributed by atoms with Crippen molar-refractivity contribution in [3.63, 3.8) is 0 Å². The van der Waals surface area contributed by atoms with Crippen molar-refractivity contribution in [3.05, 3.63) is 23.6 Å². The van der Waals surface area contributed by atoms with E-state index in [9.17, 15) is 0 Å². The fourth-order valence-corrected chi connectivity index (χ4v) is 0.345. The molecule has 3 N–H and O–H groups in total. The first-order valence-electron chi connectivity index (χ1n) is 2.98. The molecule has 0 atom stereocenters. The van der Waals surface area contributed by atoms with Crippen LogP contribution in [-0.4, -0.2) is 5.11 Å². The maximum atomic E-state index is 8.66. The van der Waals surface area contributed by atoms with E-state index in [-0.39, 0.29) is 5.76 Å². The molecule has 0 radical (unpaired) electrons. The molecular formula is C7H13NO. The molecular weight excluding hydrogens is 114 g/mol. The Morgan fingerprint density at radius 3 is 2.44 bits per heavy atom. The fraction of sp³-hybridized carbons (Fsp3) is 0.429. The monoisotopic (exact) mass is 127 g/mol. The second kappa shape index (κ2) is 4.01. The van der Waals surface area contributed by atoms with E-state index >= 15 is 0 Å². The zero-order valence-corrected chi connectivity index (χ0v) is 5.89. The summed E-state index contributed by atoms with van der Waals surface area (Å²) in [4.78, 5) is 0. The third-order valence-corrected chi connectivity index (χ3v) is 0.947. The van der Waals surface area contributed by atoms with Gasteiger partial charge in [-0.1, -0.05) is 6.92 Å². The van der Waals surface area contributed by atoms with Crippen LogP contribution in [0.4, 0.5) is 0 Å². The van der Waals surface area contributed by atoms with Crippen LogP contribution in [0.15, 0.2) is 23.6 Å². The predicted octanol–water partition coefficient (Wildman–Crippen LogP) is 1.70. The molecule has 0 fully saturated rings. The van der Waals surface area contributed by atoms with Gasteiger partial charge in [-0.25, -0.2) is 0 Å². The van der Waals surface area contributed by atoms with Crippen LogP contribution in [0.5, 0.6) is 0 Å². The summed E-state index contributed by atoms with van der Waals surface area (Å²) in [6, 6.07) is 0. The SMILES string of the molecule is CC/C(N)=C\C=C(/C)O. The minimum absolute atomic E-state index is 0.284. The first kappa shape index (κ1) is 8.08. The quantitative estimate of drug-likeness (QED) is 0.438.